The fraction of sp³-hybridized carbons (Fsp3) is 0.179. The second-order valence-electron chi connectivity index (χ2n) is 8.71. The van der Waals surface area contributed by atoms with Crippen LogP contribution in [-0.4, -0.2) is 27.9 Å². The number of rotatable bonds is 6. The maximum atomic E-state index is 13.2. The van der Waals surface area contributed by atoms with Crippen molar-refractivity contribution in [1.29, 1.82) is 5.26 Å². The summed E-state index contributed by atoms with van der Waals surface area (Å²) in [5.74, 6) is 1.83. The molecule has 0 fully saturated rings. The summed E-state index contributed by atoms with van der Waals surface area (Å²) in [7, 11) is 1.63. The number of fused-ring (bicyclic) bond motifs is 1. The fourth-order valence-corrected chi connectivity index (χ4v) is 4.01. The molecule has 5 rings (SSSR count). The SMILES string of the molecule is COc1ccc2nc(COc3ccc(C4=C(c5ccc(C#N)cc5)OC(C)(C)C4=O)cc3)cn2c1. The lowest BCUT2D eigenvalue weighted by Gasteiger charge is -2.17. The third-order valence-corrected chi connectivity index (χ3v) is 5.87. The normalized spacial score (nSPS) is 14.6. The first-order chi connectivity index (χ1) is 16.9. The van der Waals surface area contributed by atoms with Crippen LogP contribution >= 0.6 is 0 Å². The first kappa shape index (κ1) is 22.2. The summed E-state index contributed by atoms with van der Waals surface area (Å²) in [6.07, 6.45) is 3.76. The molecule has 174 valence electrons. The highest BCUT2D eigenvalue weighted by atomic mass is 16.5. The third kappa shape index (κ3) is 4.22. The van der Waals surface area contributed by atoms with Gasteiger partial charge in [-0.25, -0.2) is 4.98 Å². The van der Waals surface area contributed by atoms with Gasteiger partial charge >= 0.3 is 0 Å². The van der Waals surface area contributed by atoms with Crippen LogP contribution < -0.4 is 9.47 Å². The molecule has 0 aliphatic carbocycles. The number of imidazole rings is 1. The van der Waals surface area contributed by atoms with E-state index in [0.29, 0.717) is 29.3 Å². The molecule has 2 aromatic heterocycles. The summed E-state index contributed by atoms with van der Waals surface area (Å²) in [6.45, 7) is 3.82. The molecule has 1 aliphatic heterocycles. The second-order valence-corrected chi connectivity index (χ2v) is 8.71. The van der Waals surface area contributed by atoms with Crippen molar-refractivity contribution in [1.82, 2.24) is 9.38 Å². The Bertz CT molecular complexity index is 1490. The first-order valence-corrected chi connectivity index (χ1v) is 11.1. The maximum Gasteiger partial charge on any atom is 0.210 e. The van der Waals surface area contributed by atoms with Gasteiger partial charge in [-0.2, -0.15) is 5.26 Å². The molecule has 0 saturated heterocycles. The van der Waals surface area contributed by atoms with E-state index >= 15 is 0 Å². The number of methoxy groups -OCH3 is 1. The largest absolute Gasteiger partial charge is 0.495 e. The van der Waals surface area contributed by atoms with Crippen LogP contribution in [0.5, 0.6) is 11.5 Å². The van der Waals surface area contributed by atoms with E-state index in [4.69, 9.17) is 19.5 Å². The lowest BCUT2D eigenvalue weighted by atomic mass is 9.92. The number of Topliss-reactive ketones (excluding diaryl/α,β-unsaturated/α-hetero) is 1. The number of benzene rings is 2. The Kier molecular flexibility index (Phi) is 5.50. The van der Waals surface area contributed by atoms with Gasteiger partial charge < -0.3 is 18.6 Å². The molecule has 0 spiro atoms. The number of ketones is 1. The summed E-state index contributed by atoms with van der Waals surface area (Å²) < 4.78 is 19.1. The van der Waals surface area contributed by atoms with E-state index in [1.165, 1.54) is 0 Å². The molecule has 7 heteroatoms. The van der Waals surface area contributed by atoms with Crippen LogP contribution in [0.15, 0.2) is 73.1 Å². The summed E-state index contributed by atoms with van der Waals surface area (Å²) in [5, 5.41) is 9.08. The van der Waals surface area contributed by atoms with Crippen LogP contribution in [0.3, 0.4) is 0 Å². The molecule has 0 bridgehead atoms. The van der Waals surface area contributed by atoms with Gasteiger partial charge in [-0.15, -0.1) is 0 Å². The number of carbonyl (C=O) groups excluding carboxylic acids is 1. The number of nitrogens with zero attached hydrogens (tertiary/aromatic N) is 3. The Morgan fingerprint density at radius 3 is 2.34 bits per heavy atom. The zero-order valence-corrected chi connectivity index (χ0v) is 19.6. The molecule has 7 nitrogen and oxygen atoms in total. The van der Waals surface area contributed by atoms with Crippen molar-refractivity contribution in [2.45, 2.75) is 26.1 Å². The standard InChI is InChI=1S/C28H23N3O4/c1-28(2)27(32)25(26(35-28)20-6-4-18(14-29)5-7-20)19-8-10-22(11-9-19)34-17-21-15-31-16-23(33-3)12-13-24(31)30-21/h4-13,15-16H,17H2,1-3H3. The fourth-order valence-electron chi connectivity index (χ4n) is 4.01. The molecule has 0 N–H and O–H groups in total. The lowest BCUT2D eigenvalue weighted by Crippen LogP contribution is -2.29. The predicted molar refractivity (Wildman–Crippen MR) is 131 cm³/mol. The Balaban J connectivity index is 1.38. The molecular formula is C28H23N3O4. The molecule has 4 aromatic rings. The van der Waals surface area contributed by atoms with E-state index in [0.717, 1.165) is 28.2 Å². The Morgan fingerprint density at radius 1 is 0.971 bits per heavy atom. The zero-order valence-electron chi connectivity index (χ0n) is 19.6. The number of aromatic nitrogens is 2. The molecule has 1 aliphatic rings. The van der Waals surface area contributed by atoms with Gasteiger partial charge in [0.2, 0.25) is 5.78 Å². The van der Waals surface area contributed by atoms with Crippen LogP contribution in [0.1, 0.15) is 36.2 Å². The minimum atomic E-state index is -0.973. The molecule has 35 heavy (non-hydrogen) atoms. The molecule has 0 atom stereocenters. The molecule has 3 heterocycles. The number of hydrogen-bond donors (Lipinski definition) is 0. The van der Waals surface area contributed by atoms with Crippen molar-refractivity contribution in [2.75, 3.05) is 7.11 Å². The minimum Gasteiger partial charge on any atom is -0.495 e. The molecule has 0 unspecified atom stereocenters. The van der Waals surface area contributed by atoms with Crippen LogP contribution in [0.25, 0.3) is 17.0 Å². The molecular weight excluding hydrogens is 442 g/mol. The maximum absolute atomic E-state index is 13.2. The minimum absolute atomic E-state index is 0.0920. The Morgan fingerprint density at radius 2 is 1.66 bits per heavy atom. The topological polar surface area (TPSA) is 85.8 Å². The van der Waals surface area contributed by atoms with Gasteiger partial charge in [-0.05, 0) is 67.9 Å². The Labute approximate surface area is 202 Å². The van der Waals surface area contributed by atoms with Crippen molar-refractivity contribution in [3.63, 3.8) is 0 Å². The molecule has 0 amide bonds. The summed E-state index contributed by atoms with van der Waals surface area (Å²) in [4.78, 5) is 17.7. The van der Waals surface area contributed by atoms with E-state index in [-0.39, 0.29) is 5.78 Å². The summed E-state index contributed by atoms with van der Waals surface area (Å²) in [6, 6.07) is 20.2. The number of carbonyl (C=O) groups is 1. The highest BCUT2D eigenvalue weighted by molar-refractivity contribution is 6.32. The first-order valence-electron chi connectivity index (χ1n) is 11.1. The zero-order chi connectivity index (χ0) is 24.6. The van der Waals surface area contributed by atoms with Gasteiger partial charge in [0.05, 0.1) is 36.2 Å². The van der Waals surface area contributed by atoms with Gasteiger partial charge in [0.25, 0.3) is 0 Å². The number of nitriles is 1. The second kappa shape index (κ2) is 8.65. The Hall–Kier alpha value is -4.57. The lowest BCUT2D eigenvalue weighted by molar-refractivity contribution is -0.125. The third-order valence-electron chi connectivity index (χ3n) is 5.87. The van der Waals surface area contributed by atoms with Gasteiger partial charge in [-0.1, -0.05) is 12.1 Å². The van der Waals surface area contributed by atoms with Crippen LogP contribution in [0.4, 0.5) is 0 Å². The van der Waals surface area contributed by atoms with Gasteiger partial charge in [-0.3, -0.25) is 4.79 Å². The monoisotopic (exact) mass is 465 g/mol. The summed E-state index contributed by atoms with van der Waals surface area (Å²) >= 11 is 0. The summed E-state index contributed by atoms with van der Waals surface area (Å²) in [5.41, 5.74) is 3.18. The highest BCUT2D eigenvalue weighted by Crippen LogP contribution is 2.41. The van der Waals surface area contributed by atoms with E-state index in [1.807, 2.05) is 53.2 Å². The molecule has 0 radical (unpaired) electrons. The highest BCUT2D eigenvalue weighted by Gasteiger charge is 2.42. The van der Waals surface area contributed by atoms with E-state index in [9.17, 15) is 4.79 Å². The van der Waals surface area contributed by atoms with Crippen LogP contribution in [0.2, 0.25) is 0 Å². The number of hydrogen-bond acceptors (Lipinski definition) is 6. The van der Waals surface area contributed by atoms with Crippen molar-refractivity contribution in [2.24, 2.45) is 0 Å². The van der Waals surface area contributed by atoms with Gasteiger partial charge in [0.1, 0.15) is 29.5 Å². The van der Waals surface area contributed by atoms with Gasteiger partial charge in [0, 0.05) is 11.8 Å². The smallest absolute Gasteiger partial charge is 0.210 e. The van der Waals surface area contributed by atoms with Crippen LogP contribution in [-0.2, 0) is 16.1 Å². The quantitative estimate of drug-likeness (QED) is 0.397. The molecule has 2 aromatic carbocycles. The van der Waals surface area contributed by atoms with Crippen molar-refractivity contribution >= 4 is 22.8 Å². The van der Waals surface area contributed by atoms with E-state index < -0.39 is 5.60 Å². The predicted octanol–water partition coefficient (Wildman–Crippen LogP) is 5.04. The average molecular weight is 466 g/mol. The van der Waals surface area contributed by atoms with Gasteiger partial charge in [0.15, 0.2) is 5.60 Å². The molecule has 0 saturated carbocycles. The van der Waals surface area contributed by atoms with E-state index in [2.05, 4.69) is 11.1 Å². The number of pyridine rings is 1. The average Bonchev–Trinajstić information content (AvgIpc) is 3.40. The van der Waals surface area contributed by atoms with E-state index in [1.54, 1.807) is 45.2 Å². The van der Waals surface area contributed by atoms with Crippen LogP contribution in [0, 0.1) is 11.3 Å². The van der Waals surface area contributed by atoms with Crippen molar-refractivity contribution in [3.05, 3.63) is 95.4 Å². The van der Waals surface area contributed by atoms with Crippen molar-refractivity contribution in [3.8, 4) is 17.6 Å². The van der Waals surface area contributed by atoms with Crippen molar-refractivity contribution < 1.29 is 19.0 Å². The number of ether oxygens (including phenoxy) is 3.